The molecule has 2 aromatic heterocycles. The van der Waals surface area contributed by atoms with Crippen LogP contribution in [0, 0.1) is 6.92 Å². The third-order valence-electron chi connectivity index (χ3n) is 5.57. The Bertz CT molecular complexity index is 1190. The van der Waals surface area contributed by atoms with Crippen LogP contribution in [0.1, 0.15) is 72.6 Å². The first-order valence-electron chi connectivity index (χ1n) is 11.7. The number of benzene rings is 1. The normalized spacial score (nSPS) is 14.8. The standard InChI is InChI=1S/C23H27N5O4.C2H6/c1-5-8-16-9-7-10-32-19-13-15(22(30)31-4)12-17-20(19)28(16)23(24-17)25-21(29)18-11-14(3)26-27(18)6-2;1-2/h5,11-13,16H,1,6-10H2,2-4H3,(H,24,25,29);1-2H3. The first-order chi connectivity index (χ1) is 16.5. The number of aromatic nitrogens is 4. The number of imidazole rings is 1. The fourth-order valence-electron chi connectivity index (χ4n) is 4.16. The minimum absolute atomic E-state index is 0.0391. The van der Waals surface area contributed by atoms with E-state index in [2.05, 4.69) is 22.0 Å². The van der Waals surface area contributed by atoms with Crippen molar-refractivity contribution in [3.05, 3.63) is 47.8 Å². The second kappa shape index (κ2) is 11.0. The largest absolute Gasteiger partial charge is 0.491 e. The van der Waals surface area contributed by atoms with Crippen LogP contribution in [-0.2, 0) is 11.3 Å². The molecule has 34 heavy (non-hydrogen) atoms. The number of rotatable bonds is 6. The van der Waals surface area contributed by atoms with Crippen molar-refractivity contribution >= 4 is 28.9 Å². The van der Waals surface area contributed by atoms with Crippen LogP contribution < -0.4 is 10.1 Å². The molecule has 3 heterocycles. The monoisotopic (exact) mass is 467 g/mol. The van der Waals surface area contributed by atoms with Gasteiger partial charge in [0.25, 0.3) is 5.91 Å². The van der Waals surface area contributed by atoms with E-state index in [4.69, 9.17) is 9.47 Å². The van der Waals surface area contributed by atoms with Crippen LogP contribution in [0.4, 0.5) is 5.95 Å². The summed E-state index contributed by atoms with van der Waals surface area (Å²) >= 11 is 0. The van der Waals surface area contributed by atoms with Crippen LogP contribution in [0.2, 0.25) is 0 Å². The molecule has 0 bridgehead atoms. The summed E-state index contributed by atoms with van der Waals surface area (Å²) in [6.45, 7) is 12.8. The number of anilines is 1. The summed E-state index contributed by atoms with van der Waals surface area (Å²) in [5.74, 6) is 0.166. The Morgan fingerprint density at radius 1 is 1.32 bits per heavy atom. The maximum absolute atomic E-state index is 13.1. The molecule has 1 unspecified atom stereocenters. The van der Waals surface area contributed by atoms with E-state index >= 15 is 0 Å². The highest BCUT2D eigenvalue weighted by molar-refractivity contribution is 6.04. The number of carbonyl (C=O) groups is 2. The Hall–Kier alpha value is -3.62. The lowest BCUT2D eigenvalue weighted by atomic mass is 10.1. The van der Waals surface area contributed by atoms with Gasteiger partial charge in [-0.3, -0.25) is 14.8 Å². The minimum atomic E-state index is -0.473. The third-order valence-corrected chi connectivity index (χ3v) is 5.57. The van der Waals surface area contributed by atoms with Crippen molar-refractivity contribution in [3.63, 3.8) is 0 Å². The van der Waals surface area contributed by atoms with Gasteiger partial charge in [-0.05, 0) is 51.3 Å². The van der Waals surface area contributed by atoms with Crippen LogP contribution >= 0.6 is 0 Å². The van der Waals surface area contributed by atoms with Crippen LogP contribution in [0.5, 0.6) is 5.75 Å². The number of methoxy groups -OCH3 is 1. The lowest BCUT2D eigenvalue weighted by Gasteiger charge is -2.24. The molecule has 0 aliphatic carbocycles. The van der Waals surface area contributed by atoms with E-state index in [1.165, 1.54) is 7.11 Å². The molecule has 0 saturated heterocycles. The predicted molar refractivity (Wildman–Crippen MR) is 132 cm³/mol. The number of hydrogen-bond donors (Lipinski definition) is 1. The molecule has 0 saturated carbocycles. The summed E-state index contributed by atoms with van der Waals surface area (Å²) < 4.78 is 14.5. The number of carbonyl (C=O) groups excluding carboxylic acids is 2. The molecule has 182 valence electrons. The molecule has 9 nitrogen and oxygen atoms in total. The molecule has 0 radical (unpaired) electrons. The zero-order valence-corrected chi connectivity index (χ0v) is 20.6. The first-order valence-corrected chi connectivity index (χ1v) is 11.7. The number of hydrogen-bond acceptors (Lipinski definition) is 6. The van der Waals surface area contributed by atoms with E-state index in [1.807, 2.05) is 38.3 Å². The van der Waals surface area contributed by atoms with Gasteiger partial charge in [0.1, 0.15) is 17.0 Å². The molecule has 1 aliphatic rings. The number of esters is 1. The number of nitrogens with one attached hydrogen (secondary N) is 1. The van der Waals surface area contributed by atoms with Gasteiger partial charge < -0.3 is 14.0 Å². The summed E-state index contributed by atoms with van der Waals surface area (Å²) in [6, 6.07) is 5.12. The highest BCUT2D eigenvalue weighted by atomic mass is 16.5. The van der Waals surface area contributed by atoms with Crippen molar-refractivity contribution in [1.82, 2.24) is 19.3 Å². The lowest BCUT2D eigenvalue weighted by Crippen LogP contribution is -2.22. The molecule has 4 rings (SSSR count). The smallest absolute Gasteiger partial charge is 0.338 e. The maximum atomic E-state index is 13.1. The van der Waals surface area contributed by atoms with Crippen LogP contribution in [0.15, 0.2) is 30.9 Å². The fourth-order valence-corrected chi connectivity index (χ4v) is 4.16. The van der Waals surface area contributed by atoms with Crippen molar-refractivity contribution in [3.8, 4) is 5.75 Å². The summed E-state index contributed by atoms with van der Waals surface area (Å²) in [6.07, 6.45) is 4.22. The lowest BCUT2D eigenvalue weighted by molar-refractivity contribution is 0.0600. The molecule has 1 aliphatic heterocycles. The van der Waals surface area contributed by atoms with Crippen molar-refractivity contribution in [1.29, 1.82) is 0 Å². The third kappa shape index (κ3) is 4.83. The summed E-state index contributed by atoms with van der Waals surface area (Å²) in [5, 5.41) is 7.32. The first kappa shape index (κ1) is 25.0. The van der Waals surface area contributed by atoms with Crippen LogP contribution in [-0.4, -0.2) is 44.9 Å². The summed E-state index contributed by atoms with van der Waals surface area (Å²) in [5.41, 5.74) is 2.86. The van der Waals surface area contributed by atoms with Gasteiger partial charge in [-0.15, -0.1) is 6.58 Å². The molecule has 9 heteroatoms. The van der Waals surface area contributed by atoms with Gasteiger partial charge in [-0.1, -0.05) is 19.9 Å². The number of nitrogens with zero attached hydrogens (tertiary/aromatic N) is 4. The predicted octanol–water partition coefficient (Wildman–Crippen LogP) is 4.92. The topological polar surface area (TPSA) is 100 Å². The quantitative estimate of drug-likeness (QED) is 0.408. The number of allylic oxidation sites excluding steroid dienone is 1. The van der Waals surface area contributed by atoms with Gasteiger partial charge in [0, 0.05) is 12.6 Å². The second-order valence-electron chi connectivity index (χ2n) is 7.75. The van der Waals surface area contributed by atoms with Crippen molar-refractivity contribution in [2.24, 2.45) is 0 Å². The Morgan fingerprint density at radius 2 is 2.09 bits per heavy atom. The van der Waals surface area contributed by atoms with E-state index in [9.17, 15) is 9.59 Å². The zero-order valence-electron chi connectivity index (χ0n) is 20.6. The Kier molecular flexibility index (Phi) is 8.09. The van der Waals surface area contributed by atoms with E-state index in [0.717, 1.165) is 24.1 Å². The SMILES string of the molecule is C=CCC1CCCOc2cc(C(=O)OC)cc3nc(NC(=O)c4cc(C)nn4CC)n1c23.CC. The second-order valence-corrected chi connectivity index (χ2v) is 7.75. The summed E-state index contributed by atoms with van der Waals surface area (Å²) in [4.78, 5) is 30.0. The Morgan fingerprint density at radius 3 is 2.76 bits per heavy atom. The molecule has 0 fully saturated rings. The molecular weight excluding hydrogens is 434 g/mol. The average Bonchev–Trinajstić information content (AvgIpc) is 3.39. The zero-order chi connectivity index (χ0) is 24.8. The van der Waals surface area contributed by atoms with E-state index in [1.54, 1.807) is 22.9 Å². The number of ether oxygens (including phenoxy) is 2. The van der Waals surface area contributed by atoms with E-state index < -0.39 is 5.97 Å². The molecule has 0 spiro atoms. The van der Waals surface area contributed by atoms with Crippen LogP contribution in [0.25, 0.3) is 11.0 Å². The minimum Gasteiger partial charge on any atom is -0.491 e. The summed E-state index contributed by atoms with van der Waals surface area (Å²) in [7, 11) is 1.33. The van der Waals surface area contributed by atoms with Gasteiger partial charge in [0.05, 0.1) is 30.5 Å². The molecule has 1 aromatic carbocycles. The van der Waals surface area contributed by atoms with Crippen LogP contribution in [0.3, 0.4) is 0 Å². The van der Waals surface area contributed by atoms with Gasteiger partial charge >= 0.3 is 5.97 Å². The Balaban J connectivity index is 0.00000158. The molecule has 3 aromatic rings. The van der Waals surface area contributed by atoms with Crippen molar-refractivity contribution in [2.45, 2.75) is 59.5 Å². The van der Waals surface area contributed by atoms with E-state index in [-0.39, 0.29) is 11.9 Å². The average molecular weight is 468 g/mol. The Labute approximate surface area is 199 Å². The van der Waals surface area contributed by atoms with Gasteiger partial charge in [-0.2, -0.15) is 5.10 Å². The maximum Gasteiger partial charge on any atom is 0.338 e. The highest BCUT2D eigenvalue weighted by Gasteiger charge is 2.27. The van der Waals surface area contributed by atoms with Gasteiger partial charge in [0.2, 0.25) is 5.95 Å². The van der Waals surface area contributed by atoms with E-state index in [0.29, 0.717) is 48.0 Å². The van der Waals surface area contributed by atoms with Crippen molar-refractivity contribution < 1.29 is 19.1 Å². The molecule has 1 atom stereocenters. The highest BCUT2D eigenvalue weighted by Crippen LogP contribution is 2.37. The molecule has 1 amide bonds. The van der Waals surface area contributed by atoms with Gasteiger partial charge in [-0.25, -0.2) is 9.78 Å². The molecule has 1 N–H and O–H groups in total. The van der Waals surface area contributed by atoms with Crippen molar-refractivity contribution in [2.75, 3.05) is 19.0 Å². The molecular formula is C25H33N5O4. The number of amides is 1. The number of aryl methyl sites for hydroxylation is 2. The van der Waals surface area contributed by atoms with Gasteiger partial charge in [0.15, 0.2) is 0 Å². The fraction of sp³-hybridized carbons (Fsp3) is 0.440.